The average Bonchev–Trinajstić information content (AvgIpc) is 2.27. The van der Waals surface area contributed by atoms with Gasteiger partial charge >= 0.3 is 0 Å². The van der Waals surface area contributed by atoms with E-state index >= 15 is 0 Å². The minimum Gasteiger partial charge on any atom is -0.395 e. The molecule has 0 aromatic carbocycles. The third-order valence-corrected chi connectivity index (χ3v) is 2.70. The standard InChI is InChI=1S/C11H16BrN3O2/c1-14(2)10-9(6-8(12)7-13-10)11(17)15(3)4-5-16/h6-7,16H,4-5H2,1-3H3. The predicted molar refractivity (Wildman–Crippen MR) is 70.3 cm³/mol. The normalized spacial score (nSPS) is 10.2. The first-order chi connectivity index (χ1) is 7.97. The number of aromatic nitrogens is 1. The highest BCUT2D eigenvalue weighted by molar-refractivity contribution is 9.10. The summed E-state index contributed by atoms with van der Waals surface area (Å²) in [5.41, 5.74) is 0.514. The number of hydrogen-bond donors (Lipinski definition) is 1. The maximum absolute atomic E-state index is 12.1. The van der Waals surface area contributed by atoms with Crippen LogP contribution in [0.3, 0.4) is 0 Å². The van der Waals surface area contributed by atoms with Crippen molar-refractivity contribution in [2.75, 3.05) is 39.2 Å². The zero-order valence-corrected chi connectivity index (χ0v) is 11.7. The lowest BCUT2D eigenvalue weighted by molar-refractivity contribution is 0.0767. The molecule has 17 heavy (non-hydrogen) atoms. The molecule has 0 radical (unpaired) electrons. The summed E-state index contributed by atoms with van der Waals surface area (Å²) in [5, 5.41) is 8.84. The topological polar surface area (TPSA) is 56.7 Å². The van der Waals surface area contributed by atoms with Crippen LogP contribution in [0.2, 0.25) is 0 Å². The van der Waals surface area contributed by atoms with Crippen molar-refractivity contribution >= 4 is 27.7 Å². The zero-order valence-electron chi connectivity index (χ0n) is 10.1. The van der Waals surface area contributed by atoms with Gasteiger partial charge in [0.15, 0.2) is 0 Å². The molecule has 0 atom stereocenters. The van der Waals surface area contributed by atoms with E-state index in [0.29, 0.717) is 17.9 Å². The van der Waals surface area contributed by atoms with E-state index in [2.05, 4.69) is 20.9 Å². The van der Waals surface area contributed by atoms with Crippen LogP contribution in [0.15, 0.2) is 16.7 Å². The van der Waals surface area contributed by atoms with Gasteiger partial charge in [0.1, 0.15) is 5.82 Å². The largest absolute Gasteiger partial charge is 0.395 e. The molecule has 0 saturated heterocycles. The maximum Gasteiger partial charge on any atom is 0.257 e. The highest BCUT2D eigenvalue weighted by Crippen LogP contribution is 2.21. The smallest absolute Gasteiger partial charge is 0.257 e. The number of hydrogen-bond acceptors (Lipinski definition) is 4. The van der Waals surface area contributed by atoms with Crippen LogP contribution in [0.1, 0.15) is 10.4 Å². The third kappa shape index (κ3) is 3.41. The van der Waals surface area contributed by atoms with Gasteiger partial charge in [0.25, 0.3) is 5.91 Å². The fraction of sp³-hybridized carbons (Fsp3) is 0.455. The molecule has 0 saturated carbocycles. The van der Waals surface area contributed by atoms with Crippen molar-refractivity contribution in [3.63, 3.8) is 0 Å². The van der Waals surface area contributed by atoms with Crippen LogP contribution >= 0.6 is 15.9 Å². The molecule has 0 aliphatic heterocycles. The van der Waals surface area contributed by atoms with Gasteiger partial charge in [-0.25, -0.2) is 4.98 Å². The summed E-state index contributed by atoms with van der Waals surface area (Å²) in [4.78, 5) is 19.6. The fourth-order valence-electron chi connectivity index (χ4n) is 1.40. The van der Waals surface area contributed by atoms with Gasteiger partial charge < -0.3 is 14.9 Å². The van der Waals surface area contributed by atoms with E-state index in [9.17, 15) is 4.79 Å². The summed E-state index contributed by atoms with van der Waals surface area (Å²) in [6, 6.07) is 1.73. The van der Waals surface area contributed by atoms with Crippen LogP contribution in [0, 0.1) is 0 Å². The van der Waals surface area contributed by atoms with Crippen molar-refractivity contribution in [2.24, 2.45) is 0 Å². The van der Waals surface area contributed by atoms with Crippen molar-refractivity contribution in [3.05, 3.63) is 22.3 Å². The predicted octanol–water partition coefficient (Wildman–Crippen LogP) is 0.974. The Bertz CT molecular complexity index is 410. The van der Waals surface area contributed by atoms with Crippen molar-refractivity contribution in [1.29, 1.82) is 0 Å². The number of anilines is 1. The van der Waals surface area contributed by atoms with Gasteiger partial charge in [-0.3, -0.25) is 4.79 Å². The Kier molecular flexibility index (Phi) is 4.89. The second-order valence-electron chi connectivity index (χ2n) is 3.87. The highest BCUT2D eigenvalue weighted by Gasteiger charge is 2.18. The molecule has 1 aromatic rings. The molecule has 0 aliphatic rings. The number of carbonyl (C=O) groups excluding carboxylic acids is 1. The number of carbonyl (C=O) groups is 1. The van der Waals surface area contributed by atoms with Crippen LogP contribution in [0.5, 0.6) is 0 Å². The van der Waals surface area contributed by atoms with Gasteiger partial charge in [0, 0.05) is 38.4 Å². The zero-order chi connectivity index (χ0) is 13.0. The van der Waals surface area contributed by atoms with Crippen molar-refractivity contribution in [1.82, 2.24) is 9.88 Å². The molecular weight excluding hydrogens is 286 g/mol. The first-order valence-electron chi connectivity index (χ1n) is 5.16. The van der Waals surface area contributed by atoms with E-state index in [-0.39, 0.29) is 12.5 Å². The molecule has 5 nitrogen and oxygen atoms in total. The van der Waals surface area contributed by atoms with Gasteiger partial charge in [-0.05, 0) is 22.0 Å². The number of amides is 1. The van der Waals surface area contributed by atoms with E-state index in [4.69, 9.17) is 5.11 Å². The third-order valence-electron chi connectivity index (χ3n) is 2.27. The Labute approximate surface area is 109 Å². The van der Waals surface area contributed by atoms with Crippen LogP contribution in [-0.2, 0) is 0 Å². The van der Waals surface area contributed by atoms with Gasteiger partial charge in [-0.2, -0.15) is 0 Å². The molecule has 0 bridgehead atoms. The van der Waals surface area contributed by atoms with E-state index in [1.165, 1.54) is 4.90 Å². The number of aliphatic hydroxyl groups excluding tert-OH is 1. The Balaban J connectivity index is 3.10. The van der Waals surface area contributed by atoms with E-state index in [1.807, 2.05) is 14.1 Å². The number of pyridine rings is 1. The highest BCUT2D eigenvalue weighted by atomic mass is 79.9. The van der Waals surface area contributed by atoms with Gasteiger partial charge in [-0.15, -0.1) is 0 Å². The van der Waals surface area contributed by atoms with Gasteiger partial charge in [0.05, 0.1) is 12.2 Å². The molecule has 1 rings (SSSR count). The second kappa shape index (κ2) is 5.97. The molecule has 94 valence electrons. The lowest BCUT2D eigenvalue weighted by Gasteiger charge is -2.20. The Morgan fingerprint density at radius 1 is 1.47 bits per heavy atom. The molecule has 0 unspecified atom stereocenters. The molecular formula is C11H16BrN3O2. The SMILES string of the molecule is CN(CCO)C(=O)c1cc(Br)cnc1N(C)C. The van der Waals surface area contributed by atoms with Crippen molar-refractivity contribution in [2.45, 2.75) is 0 Å². The van der Waals surface area contributed by atoms with E-state index in [0.717, 1.165) is 4.47 Å². The quantitative estimate of drug-likeness (QED) is 0.900. The first-order valence-corrected chi connectivity index (χ1v) is 5.96. The number of aliphatic hydroxyl groups is 1. The van der Waals surface area contributed by atoms with Crippen molar-refractivity contribution in [3.8, 4) is 0 Å². The molecule has 1 heterocycles. The van der Waals surface area contributed by atoms with Gasteiger partial charge in [-0.1, -0.05) is 0 Å². The molecule has 1 aromatic heterocycles. The molecule has 0 fully saturated rings. The summed E-state index contributed by atoms with van der Waals surface area (Å²) < 4.78 is 0.754. The van der Waals surface area contributed by atoms with Crippen LogP contribution in [-0.4, -0.2) is 55.2 Å². The monoisotopic (exact) mass is 301 g/mol. The average molecular weight is 302 g/mol. The Morgan fingerprint density at radius 2 is 2.12 bits per heavy atom. The lowest BCUT2D eigenvalue weighted by Crippen LogP contribution is -2.31. The van der Waals surface area contributed by atoms with Gasteiger partial charge in [0.2, 0.25) is 0 Å². The molecule has 1 amide bonds. The van der Waals surface area contributed by atoms with Crippen LogP contribution < -0.4 is 4.90 Å². The second-order valence-corrected chi connectivity index (χ2v) is 4.79. The Hall–Kier alpha value is -1.14. The maximum atomic E-state index is 12.1. The molecule has 0 aliphatic carbocycles. The summed E-state index contributed by atoms with van der Waals surface area (Å²) in [5.74, 6) is 0.458. The lowest BCUT2D eigenvalue weighted by atomic mass is 10.2. The fourth-order valence-corrected chi connectivity index (χ4v) is 1.73. The van der Waals surface area contributed by atoms with Crippen molar-refractivity contribution < 1.29 is 9.90 Å². The minimum absolute atomic E-state index is 0.0546. The summed E-state index contributed by atoms with van der Waals surface area (Å²) >= 11 is 3.30. The summed E-state index contributed by atoms with van der Waals surface area (Å²) in [6.07, 6.45) is 1.65. The molecule has 1 N–H and O–H groups in total. The molecule has 0 spiro atoms. The van der Waals surface area contributed by atoms with Crippen LogP contribution in [0.25, 0.3) is 0 Å². The molecule has 6 heteroatoms. The van der Waals surface area contributed by atoms with E-state index in [1.54, 1.807) is 24.2 Å². The Morgan fingerprint density at radius 3 is 2.65 bits per heavy atom. The minimum atomic E-state index is -0.156. The number of halogens is 1. The number of nitrogens with zero attached hydrogens (tertiary/aromatic N) is 3. The van der Waals surface area contributed by atoms with E-state index < -0.39 is 0 Å². The number of likely N-dealkylation sites (N-methyl/N-ethyl adjacent to an activating group) is 1. The summed E-state index contributed by atoms with van der Waals surface area (Å²) in [6.45, 7) is 0.249. The number of rotatable bonds is 4. The first kappa shape index (κ1) is 13.9. The van der Waals surface area contributed by atoms with Crippen LogP contribution in [0.4, 0.5) is 5.82 Å². The summed E-state index contributed by atoms with van der Waals surface area (Å²) in [7, 11) is 5.32.